The van der Waals surface area contributed by atoms with Crippen molar-refractivity contribution in [2.24, 2.45) is 5.92 Å². The van der Waals surface area contributed by atoms with Crippen molar-refractivity contribution in [2.45, 2.75) is 36.1 Å². The molecule has 2 atom stereocenters. The fraction of sp³-hybridized carbons (Fsp3) is 0.250. The molecular weight excluding hydrogens is 557 g/mol. The predicted molar refractivity (Wildman–Crippen MR) is 136 cm³/mol. The first-order valence-electron chi connectivity index (χ1n) is 10.7. The van der Waals surface area contributed by atoms with Crippen molar-refractivity contribution in [3.05, 3.63) is 73.4 Å². The summed E-state index contributed by atoms with van der Waals surface area (Å²) in [5.41, 5.74) is 0.113. The van der Waals surface area contributed by atoms with E-state index >= 15 is 0 Å². The fourth-order valence-corrected chi connectivity index (χ4v) is 7.79. The number of thioether (sulfide) groups is 1. The van der Waals surface area contributed by atoms with E-state index in [9.17, 15) is 23.6 Å². The monoisotopic (exact) mass is 575 g/mol. The number of aromatic nitrogens is 1. The fourth-order valence-electron chi connectivity index (χ4n) is 4.49. The molecule has 7 nitrogen and oxygen atoms in total. The topological polar surface area (TPSA) is 88.5 Å². The Morgan fingerprint density at radius 2 is 1.71 bits per heavy atom. The van der Waals surface area contributed by atoms with Crippen molar-refractivity contribution in [3.8, 4) is 0 Å². The van der Waals surface area contributed by atoms with Gasteiger partial charge >= 0.3 is 4.87 Å². The third-order valence-electron chi connectivity index (χ3n) is 6.22. The molecule has 0 aliphatic carbocycles. The number of carbonyl (C=O) groups excluding carboxylic acids is 3. The lowest BCUT2D eigenvalue weighted by atomic mass is 9.76. The summed E-state index contributed by atoms with van der Waals surface area (Å²) in [5.74, 6) is -2.16. The third-order valence-corrected chi connectivity index (χ3v) is 9.57. The van der Waals surface area contributed by atoms with Gasteiger partial charge in [0, 0.05) is 20.5 Å². The number of thiazole rings is 1. The van der Waals surface area contributed by atoms with Crippen LogP contribution in [-0.2, 0) is 26.3 Å². The van der Waals surface area contributed by atoms with E-state index < -0.39 is 28.3 Å². The van der Waals surface area contributed by atoms with Gasteiger partial charge in [0.1, 0.15) is 17.6 Å². The minimum atomic E-state index is -0.787. The number of carbonyl (C=O) groups is 3. The molecule has 2 aliphatic heterocycles. The Kier molecular flexibility index (Phi) is 5.97. The summed E-state index contributed by atoms with van der Waals surface area (Å²) in [6, 6.07) is 12.3. The molecule has 1 saturated heterocycles. The van der Waals surface area contributed by atoms with Crippen LogP contribution in [0, 0.1) is 11.7 Å². The number of benzene rings is 2. The normalized spacial score (nSPS) is 20.5. The molecule has 2 unspecified atom stereocenters. The minimum Gasteiger partial charge on any atom is -0.325 e. The molecule has 11 heteroatoms. The van der Waals surface area contributed by atoms with Gasteiger partial charge < -0.3 is 5.32 Å². The van der Waals surface area contributed by atoms with Crippen molar-refractivity contribution in [3.63, 3.8) is 0 Å². The highest BCUT2D eigenvalue weighted by atomic mass is 79.9. The van der Waals surface area contributed by atoms with Crippen molar-refractivity contribution in [1.29, 1.82) is 0 Å². The standard InChI is InChI=1S/C24H19BrFN3O4S2/c1-24(2)17-18(21(32)29(20(17)31)15-9-3-12(25)4-10-15)34-22-19(24)35-23(33)28(22)11-16(30)27-14-7-5-13(26)6-8-14/h3-10,17-18H,11H2,1-2H3,(H,27,30). The highest BCUT2D eigenvalue weighted by Crippen LogP contribution is 2.54. The van der Waals surface area contributed by atoms with Crippen molar-refractivity contribution >= 4 is 68.1 Å². The zero-order chi connectivity index (χ0) is 25.1. The summed E-state index contributed by atoms with van der Waals surface area (Å²) in [7, 11) is 0. The van der Waals surface area contributed by atoms with Crippen LogP contribution in [0.25, 0.3) is 0 Å². The zero-order valence-electron chi connectivity index (χ0n) is 18.6. The molecule has 180 valence electrons. The smallest absolute Gasteiger partial charge is 0.308 e. The molecule has 5 rings (SSSR count). The summed E-state index contributed by atoms with van der Waals surface area (Å²) >= 11 is 5.52. The van der Waals surface area contributed by atoms with Crippen molar-refractivity contribution < 1.29 is 18.8 Å². The minimum absolute atomic E-state index is 0.263. The molecule has 0 bridgehead atoms. The van der Waals surface area contributed by atoms with Crippen LogP contribution in [0.4, 0.5) is 15.8 Å². The van der Waals surface area contributed by atoms with E-state index in [0.29, 0.717) is 21.3 Å². The van der Waals surface area contributed by atoms with Gasteiger partial charge in [-0.25, -0.2) is 9.29 Å². The van der Waals surface area contributed by atoms with Crippen molar-refractivity contribution in [2.75, 3.05) is 10.2 Å². The number of fused-ring (bicyclic) bond motifs is 2. The Balaban J connectivity index is 1.46. The third kappa shape index (κ3) is 4.05. The lowest BCUT2D eigenvalue weighted by Crippen LogP contribution is -2.41. The molecule has 2 aromatic carbocycles. The molecular formula is C24H19BrFN3O4S2. The Labute approximate surface area is 216 Å². The first kappa shape index (κ1) is 24.0. The van der Waals surface area contributed by atoms with Gasteiger partial charge in [-0.1, -0.05) is 52.9 Å². The Morgan fingerprint density at radius 1 is 1.06 bits per heavy atom. The molecule has 3 amide bonds. The van der Waals surface area contributed by atoms with E-state index in [2.05, 4.69) is 21.2 Å². The zero-order valence-corrected chi connectivity index (χ0v) is 21.8. The molecule has 1 N–H and O–H groups in total. The number of rotatable bonds is 4. The average Bonchev–Trinajstić information content (AvgIpc) is 3.25. The first-order valence-corrected chi connectivity index (χ1v) is 13.2. The maximum atomic E-state index is 13.5. The average molecular weight is 576 g/mol. The van der Waals surface area contributed by atoms with E-state index in [4.69, 9.17) is 0 Å². The maximum Gasteiger partial charge on any atom is 0.308 e. The van der Waals surface area contributed by atoms with Gasteiger partial charge in [0.25, 0.3) is 0 Å². The van der Waals surface area contributed by atoms with Gasteiger partial charge in [-0.05, 0) is 48.5 Å². The van der Waals surface area contributed by atoms with Gasteiger partial charge in [0.2, 0.25) is 17.7 Å². The SMILES string of the molecule is CC1(C)c2sc(=O)n(CC(=O)Nc3ccc(F)cc3)c2SC2C(=O)N(c3ccc(Br)cc3)C(=O)C21. The lowest BCUT2D eigenvalue weighted by molar-refractivity contribution is -0.123. The second-order valence-corrected chi connectivity index (χ2v) is 11.9. The molecule has 2 aliphatic rings. The van der Waals surface area contributed by atoms with E-state index in [0.717, 1.165) is 27.6 Å². The summed E-state index contributed by atoms with van der Waals surface area (Å²) in [6.07, 6.45) is 0. The van der Waals surface area contributed by atoms with Gasteiger partial charge in [-0.2, -0.15) is 0 Å². The molecule has 0 saturated carbocycles. The lowest BCUT2D eigenvalue weighted by Gasteiger charge is -2.36. The molecule has 3 aromatic rings. The summed E-state index contributed by atoms with van der Waals surface area (Å²) in [6.45, 7) is 3.46. The summed E-state index contributed by atoms with van der Waals surface area (Å²) < 4.78 is 15.3. The Morgan fingerprint density at radius 3 is 2.37 bits per heavy atom. The molecule has 1 aromatic heterocycles. The van der Waals surface area contributed by atoms with Crippen LogP contribution in [0.3, 0.4) is 0 Å². The van der Waals surface area contributed by atoms with Gasteiger partial charge in [-0.15, -0.1) is 0 Å². The van der Waals surface area contributed by atoms with Crippen LogP contribution in [-0.4, -0.2) is 27.5 Å². The first-order chi connectivity index (χ1) is 16.6. The predicted octanol–water partition coefficient (Wildman–Crippen LogP) is 4.39. The highest BCUT2D eigenvalue weighted by Gasteiger charge is 2.59. The van der Waals surface area contributed by atoms with Crippen LogP contribution < -0.4 is 15.1 Å². The van der Waals surface area contributed by atoms with Crippen molar-refractivity contribution in [1.82, 2.24) is 4.57 Å². The Bertz CT molecular complexity index is 1420. The highest BCUT2D eigenvalue weighted by molar-refractivity contribution is 9.10. The number of amides is 3. The maximum absolute atomic E-state index is 13.5. The summed E-state index contributed by atoms with van der Waals surface area (Å²) in [5, 5.41) is 2.47. The second kappa shape index (κ2) is 8.72. The number of imide groups is 1. The number of nitrogens with one attached hydrogen (secondary N) is 1. The quantitative estimate of drug-likeness (QED) is 0.466. The Hall–Kier alpha value is -2.76. The molecule has 35 heavy (non-hydrogen) atoms. The molecule has 0 radical (unpaired) electrons. The number of nitrogens with zero attached hydrogens (tertiary/aromatic N) is 2. The second-order valence-electron chi connectivity index (χ2n) is 8.87. The van der Waals surface area contributed by atoms with Gasteiger partial charge in [-0.3, -0.25) is 23.7 Å². The molecule has 3 heterocycles. The molecule has 0 spiro atoms. The van der Waals surface area contributed by atoms with Gasteiger partial charge in [0.05, 0.1) is 16.6 Å². The van der Waals surface area contributed by atoms with E-state index in [1.54, 1.807) is 24.3 Å². The largest absolute Gasteiger partial charge is 0.325 e. The number of anilines is 2. The number of hydrogen-bond acceptors (Lipinski definition) is 6. The summed E-state index contributed by atoms with van der Waals surface area (Å²) in [4.78, 5) is 54.0. The van der Waals surface area contributed by atoms with E-state index in [1.807, 2.05) is 13.8 Å². The number of halogens is 2. The number of hydrogen-bond donors (Lipinski definition) is 1. The van der Waals surface area contributed by atoms with Gasteiger partial charge in [0.15, 0.2) is 0 Å². The van der Waals surface area contributed by atoms with E-state index in [1.165, 1.54) is 33.7 Å². The van der Waals surface area contributed by atoms with E-state index in [-0.39, 0.29) is 23.2 Å². The van der Waals surface area contributed by atoms with Crippen LogP contribution >= 0.6 is 39.0 Å². The van der Waals surface area contributed by atoms with Crippen LogP contribution in [0.5, 0.6) is 0 Å². The molecule has 1 fully saturated rings. The van der Waals surface area contributed by atoms with Crippen LogP contribution in [0.2, 0.25) is 0 Å². The van der Waals surface area contributed by atoms with Crippen LogP contribution in [0.1, 0.15) is 18.7 Å². The van der Waals surface area contributed by atoms with Crippen LogP contribution in [0.15, 0.2) is 62.8 Å².